The first kappa shape index (κ1) is 16.4. The molecular weight excluding hydrogens is 299 g/mol. The minimum absolute atomic E-state index is 0.301. The summed E-state index contributed by atoms with van der Waals surface area (Å²) in [7, 11) is 0. The molecule has 4 aliphatic rings. The first-order valence-corrected chi connectivity index (χ1v) is 9.68. The van der Waals surface area contributed by atoms with Gasteiger partial charge < -0.3 is 5.11 Å². The van der Waals surface area contributed by atoms with Crippen molar-refractivity contribution < 1.29 is 9.50 Å². The lowest BCUT2D eigenvalue weighted by atomic mass is 9.49. The lowest BCUT2D eigenvalue weighted by Crippen LogP contribution is -2.53. The quantitative estimate of drug-likeness (QED) is 0.480. The number of hydrogen-bond acceptors (Lipinski definition) is 1. The molecule has 3 fully saturated rings. The highest BCUT2D eigenvalue weighted by Gasteiger charge is 2.63. The normalized spacial score (nSPS) is 48.7. The maximum absolute atomic E-state index is 14.0. The zero-order chi connectivity index (χ0) is 16.9. The van der Waals surface area contributed by atoms with E-state index in [0.29, 0.717) is 30.1 Å². The molecular formula is C22H29FO. The lowest BCUT2D eigenvalue weighted by Gasteiger charge is -2.55. The largest absolute Gasteiger partial charge is 0.377 e. The Hall–Kier alpha value is -1.07. The van der Waals surface area contributed by atoms with Crippen LogP contribution in [0, 0.1) is 40.9 Å². The minimum Gasteiger partial charge on any atom is -0.377 e. The molecule has 0 radical (unpaired) electrons. The molecule has 0 unspecified atom stereocenters. The molecule has 1 N–H and O–H groups in total. The monoisotopic (exact) mass is 328 g/mol. The molecule has 0 spiro atoms. The molecule has 0 aromatic rings. The zero-order valence-electron chi connectivity index (χ0n) is 14.9. The highest BCUT2D eigenvalue weighted by Crippen LogP contribution is 2.66. The van der Waals surface area contributed by atoms with Gasteiger partial charge in [0.25, 0.3) is 0 Å². The summed E-state index contributed by atoms with van der Waals surface area (Å²) in [4.78, 5) is 0. The molecule has 3 saturated carbocycles. The molecule has 4 rings (SSSR count). The van der Waals surface area contributed by atoms with Crippen LogP contribution in [0.25, 0.3) is 0 Å². The molecule has 2 heteroatoms. The summed E-state index contributed by atoms with van der Waals surface area (Å²) in [6.07, 6.45) is 11.7. The highest BCUT2D eigenvalue weighted by molar-refractivity contribution is 5.33. The first-order chi connectivity index (χ1) is 11.5. The fraction of sp³-hybridized carbons (Fsp3) is 0.727. The first-order valence-electron chi connectivity index (χ1n) is 9.68. The Morgan fingerprint density at radius 3 is 2.92 bits per heavy atom. The lowest BCUT2D eigenvalue weighted by molar-refractivity contribution is -0.0652. The van der Waals surface area contributed by atoms with Crippen LogP contribution in [0.1, 0.15) is 65.2 Å². The third-order valence-electron chi connectivity index (χ3n) is 7.83. The molecule has 0 aromatic carbocycles. The van der Waals surface area contributed by atoms with E-state index < -0.39 is 5.60 Å². The fourth-order valence-corrected chi connectivity index (χ4v) is 6.76. The Labute approximate surface area is 145 Å². The van der Waals surface area contributed by atoms with Crippen LogP contribution in [-0.2, 0) is 0 Å². The van der Waals surface area contributed by atoms with E-state index in [9.17, 15) is 9.50 Å². The minimum atomic E-state index is -0.950. The Balaban J connectivity index is 1.75. The molecule has 130 valence electrons. The number of fused-ring (bicyclic) bond motifs is 5. The third kappa shape index (κ3) is 2.10. The topological polar surface area (TPSA) is 20.2 Å². The molecule has 6 atom stereocenters. The van der Waals surface area contributed by atoms with Crippen molar-refractivity contribution >= 4 is 0 Å². The Kier molecular flexibility index (Phi) is 3.92. The number of aliphatic hydroxyl groups is 1. The van der Waals surface area contributed by atoms with E-state index in [0.717, 1.165) is 31.2 Å². The summed E-state index contributed by atoms with van der Waals surface area (Å²) >= 11 is 0. The predicted octanol–water partition coefficient (Wildman–Crippen LogP) is 5.17. The van der Waals surface area contributed by atoms with Gasteiger partial charge in [0.05, 0.1) is 6.33 Å². The molecule has 24 heavy (non-hydrogen) atoms. The van der Waals surface area contributed by atoms with Crippen molar-refractivity contribution in [3.63, 3.8) is 0 Å². The molecule has 4 aliphatic carbocycles. The fourth-order valence-electron chi connectivity index (χ4n) is 6.76. The van der Waals surface area contributed by atoms with E-state index in [2.05, 4.69) is 24.8 Å². The molecule has 0 heterocycles. The van der Waals surface area contributed by atoms with Crippen molar-refractivity contribution in [2.45, 2.75) is 70.8 Å². The van der Waals surface area contributed by atoms with Crippen LogP contribution in [-0.4, -0.2) is 10.7 Å². The van der Waals surface area contributed by atoms with E-state index in [1.165, 1.54) is 25.7 Å². The third-order valence-corrected chi connectivity index (χ3v) is 7.83. The summed E-state index contributed by atoms with van der Waals surface area (Å²) in [5.74, 6) is 7.94. The van der Waals surface area contributed by atoms with Crippen molar-refractivity contribution in [3.8, 4) is 11.8 Å². The van der Waals surface area contributed by atoms with Gasteiger partial charge in [-0.3, -0.25) is 0 Å². The van der Waals surface area contributed by atoms with Gasteiger partial charge in [0.1, 0.15) is 5.60 Å². The van der Waals surface area contributed by atoms with Gasteiger partial charge >= 0.3 is 0 Å². The van der Waals surface area contributed by atoms with E-state index in [-0.39, 0.29) is 5.41 Å². The Bertz CT molecular complexity index is 651. The van der Waals surface area contributed by atoms with Crippen molar-refractivity contribution in [2.75, 3.05) is 0 Å². The molecule has 0 amide bonds. The summed E-state index contributed by atoms with van der Waals surface area (Å²) < 4.78 is 14.0. The van der Waals surface area contributed by atoms with Gasteiger partial charge in [-0.05, 0) is 87.5 Å². The smallest absolute Gasteiger partial charge is 0.131 e. The summed E-state index contributed by atoms with van der Waals surface area (Å²) in [6.45, 7) is 3.97. The van der Waals surface area contributed by atoms with Gasteiger partial charge in [0.2, 0.25) is 0 Å². The van der Waals surface area contributed by atoms with Gasteiger partial charge in [-0.25, -0.2) is 4.39 Å². The SMILES string of the molecule is CC#C[C@]1(O)CC[C@H]2[C@@H]3CCC4=CCCC[C@@H]4[C@H]3/C(=C/F)C[C@@]21C. The average Bonchev–Trinajstić information content (AvgIpc) is 2.85. The molecule has 0 bridgehead atoms. The van der Waals surface area contributed by atoms with Crippen LogP contribution < -0.4 is 0 Å². The van der Waals surface area contributed by atoms with Crippen LogP contribution >= 0.6 is 0 Å². The van der Waals surface area contributed by atoms with Crippen LogP contribution in [0.2, 0.25) is 0 Å². The molecule has 0 saturated heterocycles. The second kappa shape index (κ2) is 5.73. The molecule has 1 nitrogen and oxygen atoms in total. The van der Waals surface area contributed by atoms with E-state index in [1.54, 1.807) is 12.5 Å². The summed E-state index contributed by atoms with van der Waals surface area (Å²) in [5, 5.41) is 11.2. The number of allylic oxidation sites excluding steroid dienone is 3. The van der Waals surface area contributed by atoms with Crippen LogP contribution in [0.5, 0.6) is 0 Å². The number of halogens is 1. The maximum atomic E-state index is 14.0. The zero-order valence-corrected chi connectivity index (χ0v) is 14.9. The Morgan fingerprint density at radius 2 is 2.17 bits per heavy atom. The van der Waals surface area contributed by atoms with Gasteiger partial charge in [0.15, 0.2) is 0 Å². The van der Waals surface area contributed by atoms with E-state index >= 15 is 0 Å². The summed E-state index contributed by atoms with van der Waals surface area (Å²) in [5.41, 5.74) is 1.29. The highest BCUT2D eigenvalue weighted by atomic mass is 19.1. The van der Waals surface area contributed by atoms with E-state index in [1.807, 2.05) is 0 Å². The van der Waals surface area contributed by atoms with Gasteiger partial charge in [-0.15, -0.1) is 5.92 Å². The molecule has 0 aromatic heterocycles. The van der Waals surface area contributed by atoms with Crippen molar-refractivity contribution in [1.29, 1.82) is 0 Å². The van der Waals surface area contributed by atoms with Gasteiger partial charge in [0, 0.05) is 5.41 Å². The van der Waals surface area contributed by atoms with Crippen molar-refractivity contribution in [2.24, 2.45) is 29.1 Å². The Morgan fingerprint density at radius 1 is 1.33 bits per heavy atom. The predicted molar refractivity (Wildman–Crippen MR) is 94.7 cm³/mol. The average molecular weight is 328 g/mol. The van der Waals surface area contributed by atoms with Crippen LogP contribution in [0.15, 0.2) is 23.6 Å². The van der Waals surface area contributed by atoms with E-state index in [4.69, 9.17) is 0 Å². The standard InChI is InChI=1S/C22H29FO/c1-3-11-22(24)12-10-19-18-9-8-15-6-4-5-7-17(15)20(18)16(14-23)13-21(19,22)2/h6,14,17-20,24H,4-5,7-10,12-13H2,1-2H3/b16-14+/t17-,18-,19-,20+,21-,22-/m0/s1. The van der Waals surface area contributed by atoms with Crippen molar-refractivity contribution in [1.82, 2.24) is 0 Å². The van der Waals surface area contributed by atoms with Crippen molar-refractivity contribution in [3.05, 3.63) is 23.6 Å². The molecule has 0 aliphatic heterocycles. The second-order valence-corrected chi connectivity index (χ2v) is 8.70. The second-order valence-electron chi connectivity index (χ2n) is 8.70. The van der Waals surface area contributed by atoms with Crippen LogP contribution in [0.3, 0.4) is 0 Å². The van der Waals surface area contributed by atoms with Gasteiger partial charge in [-0.2, -0.15) is 0 Å². The van der Waals surface area contributed by atoms with Crippen LogP contribution in [0.4, 0.5) is 4.39 Å². The number of rotatable bonds is 0. The van der Waals surface area contributed by atoms with Gasteiger partial charge in [-0.1, -0.05) is 24.5 Å². The number of hydrogen-bond donors (Lipinski definition) is 1. The maximum Gasteiger partial charge on any atom is 0.131 e. The summed E-state index contributed by atoms with van der Waals surface area (Å²) in [6, 6.07) is 0.